The largest absolute Gasteiger partial charge is 0.463 e. The maximum Gasteiger partial charge on any atom is 0.335 e. The molecule has 0 amide bonds. The molecule has 2 unspecified atom stereocenters. The average Bonchev–Trinajstić information content (AvgIpc) is 3.03. The van der Waals surface area contributed by atoms with E-state index in [1.54, 1.807) is 16.3 Å². The molecule has 27 heavy (non-hydrogen) atoms. The average molecular weight is 385 g/mol. The highest BCUT2D eigenvalue weighted by atomic mass is 32.2. The highest BCUT2D eigenvalue weighted by Crippen LogP contribution is 2.49. The van der Waals surface area contributed by atoms with Gasteiger partial charge in [-0.15, -0.1) is 11.8 Å². The number of rotatable bonds is 4. The molecule has 2 aliphatic rings. The highest BCUT2D eigenvalue weighted by molar-refractivity contribution is 8.04. The van der Waals surface area contributed by atoms with Crippen LogP contribution >= 0.6 is 11.8 Å². The summed E-state index contributed by atoms with van der Waals surface area (Å²) in [6, 6.07) is 7.41. The minimum atomic E-state index is -0.214. The van der Waals surface area contributed by atoms with Crippen molar-refractivity contribution in [3.8, 4) is 0 Å². The van der Waals surface area contributed by atoms with Gasteiger partial charge < -0.3 is 4.74 Å². The number of fused-ring (bicyclic) bond motifs is 2. The van der Waals surface area contributed by atoms with Gasteiger partial charge >= 0.3 is 5.97 Å². The zero-order chi connectivity index (χ0) is 19.0. The lowest BCUT2D eigenvalue weighted by Crippen LogP contribution is -2.26. The van der Waals surface area contributed by atoms with Crippen molar-refractivity contribution >= 4 is 28.6 Å². The Kier molecular flexibility index (Phi) is 5.08. The first kappa shape index (κ1) is 18.3. The van der Waals surface area contributed by atoms with Crippen molar-refractivity contribution in [2.24, 2.45) is 5.92 Å². The van der Waals surface area contributed by atoms with Crippen LogP contribution in [0.1, 0.15) is 38.4 Å². The second-order valence-electron chi connectivity index (χ2n) is 7.17. The highest BCUT2D eigenvalue weighted by Gasteiger charge is 2.41. The summed E-state index contributed by atoms with van der Waals surface area (Å²) in [7, 11) is 0. The Morgan fingerprint density at radius 3 is 2.89 bits per heavy atom. The van der Waals surface area contributed by atoms with E-state index >= 15 is 0 Å². The third-order valence-corrected chi connectivity index (χ3v) is 7.02. The van der Waals surface area contributed by atoms with Crippen molar-refractivity contribution in [3.05, 3.63) is 50.9 Å². The summed E-state index contributed by atoms with van der Waals surface area (Å²) < 4.78 is 7.06. The second-order valence-corrected chi connectivity index (χ2v) is 8.51. The number of hydrogen-bond donors (Lipinski definition) is 0. The molecule has 1 aliphatic carbocycles. The summed E-state index contributed by atoms with van der Waals surface area (Å²) >= 11 is 1.77. The Morgan fingerprint density at radius 1 is 1.30 bits per heavy atom. The predicted octanol–water partition coefficient (Wildman–Crippen LogP) is 3.83. The number of para-hydroxylation sites is 1. The molecule has 1 fully saturated rings. The van der Waals surface area contributed by atoms with Crippen molar-refractivity contribution < 1.29 is 9.53 Å². The number of carbonyl (C=O) groups is 1. The summed E-state index contributed by atoms with van der Waals surface area (Å²) in [5.41, 5.74) is 1.46. The summed E-state index contributed by atoms with van der Waals surface area (Å²) in [5, 5.41) is 1.04. The lowest BCUT2D eigenvalue weighted by molar-refractivity contribution is -0.139. The number of allylic oxidation sites excluding steroid dienone is 1. The van der Waals surface area contributed by atoms with Crippen LogP contribution in [0.4, 0.5) is 0 Å². The molecule has 0 saturated heterocycles. The first-order chi connectivity index (χ1) is 13.1. The molecule has 6 heteroatoms. The van der Waals surface area contributed by atoms with Crippen LogP contribution in [0.25, 0.3) is 10.9 Å². The number of thioether (sulfide) groups is 1. The molecule has 1 aromatic carbocycles. The molecule has 4 rings (SSSR count). The van der Waals surface area contributed by atoms with E-state index in [0.717, 1.165) is 29.7 Å². The summed E-state index contributed by atoms with van der Waals surface area (Å²) in [6.45, 7) is 4.45. The minimum absolute atomic E-state index is 0.0516. The third-order valence-electron chi connectivity index (χ3n) is 5.52. The van der Waals surface area contributed by atoms with Crippen LogP contribution in [0, 0.1) is 12.8 Å². The van der Waals surface area contributed by atoms with E-state index in [1.165, 1.54) is 6.42 Å². The first-order valence-electron chi connectivity index (χ1n) is 9.63. The number of esters is 1. The number of aromatic nitrogens is 2. The number of hydrogen-bond acceptors (Lipinski definition) is 5. The topological polar surface area (TPSA) is 61.2 Å². The van der Waals surface area contributed by atoms with Crippen molar-refractivity contribution in [2.75, 3.05) is 6.61 Å². The van der Waals surface area contributed by atoms with Crippen LogP contribution in [0.2, 0.25) is 0 Å². The lowest BCUT2D eigenvalue weighted by atomic mass is 9.83. The molecule has 2 aromatic rings. The van der Waals surface area contributed by atoms with Gasteiger partial charge in [0, 0.05) is 16.1 Å². The molecule has 5 nitrogen and oxygen atoms in total. The van der Waals surface area contributed by atoms with Gasteiger partial charge in [-0.25, -0.2) is 9.78 Å². The van der Waals surface area contributed by atoms with Crippen LogP contribution in [-0.2, 0) is 16.1 Å². The standard InChI is InChI=1S/C21H24N2O3S/c1-3-26-21(25)19-15-9-5-7-11-17(15)27-18(19)12-23-13(2)22-16-10-6-4-8-14(16)20(23)24/h4,6,8,10,15,17H,3,5,7,9,11-12H2,1-2H3. The summed E-state index contributed by atoms with van der Waals surface area (Å²) in [6.07, 6.45) is 4.49. The maximum atomic E-state index is 13.0. The van der Waals surface area contributed by atoms with Crippen LogP contribution in [0.15, 0.2) is 39.5 Å². The predicted molar refractivity (Wildman–Crippen MR) is 108 cm³/mol. The van der Waals surface area contributed by atoms with Gasteiger partial charge in [-0.1, -0.05) is 25.0 Å². The molecule has 1 saturated carbocycles. The fourth-order valence-corrected chi connectivity index (χ4v) is 5.88. The van der Waals surface area contributed by atoms with Crippen molar-refractivity contribution in [1.82, 2.24) is 9.55 Å². The van der Waals surface area contributed by atoms with Crippen LogP contribution < -0.4 is 5.56 Å². The van der Waals surface area contributed by atoms with Crippen LogP contribution in [0.5, 0.6) is 0 Å². The van der Waals surface area contributed by atoms with E-state index in [0.29, 0.717) is 35.1 Å². The molecule has 2 heterocycles. The molecule has 0 radical (unpaired) electrons. The molecular weight excluding hydrogens is 360 g/mol. The number of carbonyl (C=O) groups excluding carboxylic acids is 1. The van der Waals surface area contributed by atoms with Crippen LogP contribution in [0.3, 0.4) is 0 Å². The molecule has 2 atom stereocenters. The Morgan fingerprint density at radius 2 is 2.07 bits per heavy atom. The zero-order valence-electron chi connectivity index (χ0n) is 15.7. The zero-order valence-corrected chi connectivity index (χ0v) is 16.6. The smallest absolute Gasteiger partial charge is 0.335 e. The molecule has 1 aliphatic heterocycles. The lowest BCUT2D eigenvalue weighted by Gasteiger charge is -2.25. The molecule has 0 bridgehead atoms. The van der Waals surface area contributed by atoms with E-state index in [-0.39, 0.29) is 17.4 Å². The van der Waals surface area contributed by atoms with E-state index in [1.807, 2.05) is 38.1 Å². The third kappa shape index (κ3) is 3.31. The molecule has 0 spiro atoms. The summed E-state index contributed by atoms with van der Waals surface area (Å²) in [4.78, 5) is 31.3. The van der Waals surface area contributed by atoms with E-state index < -0.39 is 0 Å². The van der Waals surface area contributed by atoms with Crippen LogP contribution in [-0.4, -0.2) is 27.4 Å². The Labute approximate surface area is 162 Å². The number of nitrogens with zero attached hydrogens (tertiary/aromatic N) is 2. The molecule has 142 valence electrons. The Hall–Kier alpha value is -2.08. The van der Waals surface area contributed by atoms with Gasteiger partial charge in [0.25, 0.3) is 5.56 Å². The van der Waals surface area contributed by atoms with Gasteiger partial charge in [-0.3, -0.25) is 9.36 Å². The van der Waals surface area contributed by atoms with Gasteiger partial charge in [-0.2, -0.15) is 0 Å². The SMILES string of the molecule is CCOC(=O)C1=C(Cn2c(C)nc3ccccc3c2=O)SC2CCCCC12. The monoisotopic (exact) mass is 384 g/mol. The second kappa shape index (κ2) is 7.50. The van der Waals surface area contributed by atoms with Crippen molar-refractivity contribution in [1.29, 1.82) is 0 Å². The van der Waals surface area contributed by atoms with Gasteiger partial charge in [0.15, 0.2) is 0 Å². The number of ether oxygens (including phenoxy) is 1. The van der Waals surface area contributed by atoms with Gasteiger partial charge in [-0.05, 0) is 38.8 Å². The normalized spacial score (nSPS) is 22.1. The van der Waals surface area contributed by atoms with Gasteiger partial charge in [0.05, 0.1) is 29.6 Å². The van der Waals surface area contributed by atoms with Gasteiger partial charge in [0.2, 0.25) is 0 Å². The van der Waals surface area contributed by atoms with Crippen molar-refractivity contribution in [2.45, 2.75) is 51.3 Å². The maximum absolute atomic E-state index is 13.0. The van der Waals surface area contributed by atoms with E-state index in [9.17, 15) is 9.59 Å². The van der Waals surface area contributed by atoms with Crippen molar-refractivity contribution in [3.63, 3.8) is 0 Å². The fourth-order valence-electron chi connectivity index (χ4n) is 4.23. The minimum Gasteiger partial charge on any atom is -0.463 e. The molecule has 1 aromatic heterocycles. The summed E-state index contributed by atoms with van der Waals surface area (Å²) in [5.74, 6) is 0.709. The molecule has 0 N–H and O–H groups in total. The fraction of sp³-hybridized carbons (Fsp3) is 0.476. The van der Waals surface area contributed by atoms with E-state index in [2.05, 4.69) is 4.98 Å². The number of aryl methyl sites for hydroxylation is 1. The number of benzene rings is 1. The van der Waals surface area contributed by atoms with Gasteiger partial charge in [0.1, 0.15) is 5.82 Å². The first-order valence-corrected chi connectivity index (χ1v) is 10.5. The van der Waals surface area contributed by atoms with E-state index in [4.69, 9.17) is 4.74 Å². The quantitative estimate of drug-likeness (QED) is 0.750. The Balaban J connectivity index is 1.77. The Bertz CT molecular complexity index is 979. The molecular formula is C21H24N2O3S.